The first-order valence-electron chi connectivity index (χ1n) is 6.99. The SMILES string of the molecule is CC1CCN(C(=O)c2ccc(-c3ncon3)cc2)CC1O. The van der Waals surface area contributed by atoms with Crippen LogP contribution in [0.25, 0.3) is 11.4 Å². The van der Waals surface area contributed by atoms with E-state index in [1.165, 1.54) is 6.39 Å². The van der Waals surface area contributed by atoms with Gasteiger partial charge in [0.2, 0.25) is 12.2 Å². The topological polar surface area (TPSA) is 79.5 Å². The van der Waals surface area contributed by atoms with E-state index >= 15 is 0 Å². The number of nitrogens with zero attached hydrogens (tertiary/aromatic N) is 3. The van der Waals surface area contributed by atoms with Crippen LogP contribution in [0.4, 0.5) is 0 Å². The third kappa shape index (κ3) is 2.80. The molecule has 2 heterocycles. The minimum atomic E-state index is -0.443. The summed E-state index contributed by atoms with van der Waals surface area (Å²) in [7, 11) is 0. The van der Waals surface area contributed by atoms with E-state index in [9.17, 15) is 9.90 Å². The van der Waals surface area contributed by atoms with Crippen LogP contribution in [0.1, 0.15) is 23.7 Å². The van der Waals surface area contributed by atoms with Crippen LogP contribution < -0.4 is 0 Å². The number of benzene rings is 1. The number of rotatable bonds is 2. The van der Waals surface area contributed by atoms with Gasteiger partial charge in [0.1, 0.15) is 0 Å². The van der Waals surface area contributed by atoms with Crippen molar-refractivity contribution in [2.24, 2.45) is 5.92 Å². The molecule has 0 aliphatic carbocycles. The molecule has 21 heavy (non-hydrogen) atoms. The van der Waals surface area contributed by atoms with Gasteiger partial charge < -0.3 is 14.5 Å². The molecule has 0 saturated carbocycles. The van der Waals surface area contributed by atoms with E-state index in [4.69, 9.17) is 4.52 Å². The molecule has 1 aliphatic heterocycles. The van der Waals surface area contributed by atoms with Crippen LogP contribution in [0.3, 0.4) is 0 Å². The molecular formula is C15H17N3O3. The summed E-state index contributed by atoms with van der Waals surface area (Å²) in [5.74, 6) is 0.687. The highest BCUT2D eigenvalue weighted by atomic mass is 16.5. The molecule has 1 aliphatic rings. The van der Waals surface area contributed by atoms with E-state index in [1.807, 2.05) is 6.92 Å². The highest BCUT2D eigenvalue weighted by Gasteiger charge is 2.27. The van der Waals surface area contributed by atoms with Crippen LogP contribution >= 0.6 is 0 Å². The van der Waals surface area contributed by atoms with Crippen molar-refractivity contribution in [3.63, 3.8) is 0 Å². The van der Waals surface area contributed by atoms with E-state index < -0.39 is 6.10 Å². The van der Waals surface area contributed by atoms with E-state index in [0.29, 0.717) is 24.5 Å². The van der Waals surface area contributed by atoms with Crippen LogP contribution in [0, 0.1) is 5.92 Å². The molecule has 6 nitrogen and oxygen atoms in total. The number of aliphatic hydroxyl groups is 1. The van der Waals surface area contributed by atoms with Gasteiger partial charge in [-0.1, -0.05) is 24.2 Å². The zero-order chi connectivity index (χ0) is 14.8. The summed E-state index contributed by atoms with van der Waals surface area (Å²) in [5.41, 5.74) is 1.40. The normalized spacial score (nSPS) is 22.3. The van der Waals surface area contributed by atoms with Crippen molar-refractivity contribution in [2.45, 2.75) is 19.4 Å². The summed E-state index contributed by atoms with van der Waals surface area (Å²) in [6, 6.07) is 7.08. The van der Waals surface area contributed by atoms with Crippen LogP contribution in [0.2, 0.25) is 0 Å². The summed E-state index contributed by atoms with van der Waals surface area (Å²) >= 11 is 0. The van der Waals surface area contributed by atoms with Gasteiger partial charge in [-0.15, -0.1) is 0 Å². The lowest BCUT2D eigenvalue weighted by molar-refractivity contribution is 0.0248. The van der Waals surface area contributed by atoms with Gasteiger partial charge in [0.05, 0.1) is 6.10 Å². The number of likely N-dealkylation sites (tertiary alicyclic amines) is 1. The summed E-state index contributed by atoms with van der Waals surface area (Å²) in [6.45, 7) is 3.09. The lowest BCUT2D eigenvalue weighted by atomic mass is 9.95. The van der Waals surface area contributed by atoms with Gasteiger partial charge >= 0.3 is 0 Å². The first-order chi connectivity index (χ1) is 10.1. The molecule has 1 saturated heterocycles. The highest BCUT2D eigenvalue weighted by Crippen LogP contribution is 2.20. The molecular weight excluding hydrogens is 270 g/mol. The Kier molecular flexibility index (Phi) is 3.70. The quantitative estimate of drug-likeness (QED) is 0.907. The lowest BCUT2D eigenvalue weighted by Gasteiger charge is -2.34. The van der Waals surface area contributed by atoms with E-state index in [-0.39, 0.29) is 11.8 Å². The highest BCUT2D eigenvalue weighted by molar-refractivity contribution is 5.94. The number of aromatic nitrogens is 2. The zero-order valence-electron chi connectivity index (χ0n) is 11.8. The van der Waals surface area contributed by atoms with Crippen LogP contribution in [-0.4, -0.2) is 45.2 Å². The van der Waals surface area contributed by atoms with Crippen molar-refractivity contribution in [2.75, 3.05) is 13.1 Å². The van der Waals surface area contributed by atoms with Crippen molar-refractivity contribution in [3.8, 4) is 11.4 Å². The van der Waals surface area contributed by atoms with E-state index in [1.54, 1.807) is 29.2 Å². The van der Waals surface area contributed by atoms with Crippen molar-refractivity contribution in [1.29, 1.82) is 0 Å². The Bertz CT molecular complexity index is 610. The maximum Gasteiger partial charge on any atom is 0.253 e. The van der Waals surface area contributed by atoms with E-state index in [2.05, 4.69) is 10.1 Å². The largest absolute Gasteiger partial charge is 0.391 e. The number of piperidine rings is 1. The maximum absolute atomic E-state index is 12.4. The number of carbonyl (C=O) groups is 1. The predicted octanol–water partition coefficient (Wildman–Crippen LogP) is 1.58. The standard InChI is InChI=1S/C15H17N3O3/c1-10-6-7-18(8-13(10)19)15(20)12-4-2-11(3-5-12)14-16-9-21-17-14/h2-5,9-10,13,19H,6-8H2,1H3. The van der Waals surface area contributed by atoms with Crippen LogP contribution in [-0.2, 0) is 0 Å². The molecule has 6 heteroatoms. The van der Waals surface area contributed by atoms with Crippen LogP contribution in [0.15, 0.2) is 35.2 Å². The molecule has 110 valence electrons. The van der Waals surface area contributed by atoms with Gasteiger partial charge in [0.15, 0.2) is 0 Å². The summed E-state index contributed by atoms with van der Waals surface area (Å²) in [4.78, 5) is 18.1. The van der Waals surface area contributed by atoms with Gasteiger partial charge in [-0.3, -0.25) is 4.79 Å². The van der Waals surface area contributed by atoms with Crippen molar-refractivity contribution < 1.29 is 14.4 Å². The van der Waals surface area contributed by atoms with Gasteiger partial charge in [0, 0.05) is 24.2 Å². The third-order valence-electron chi connectivity index (χ3n) is 3.96. The second-order valence-electron chi connectivity index (χ2n) is 5.42. The van der Waals surface area contributed by atoms with Crippen molar-refractivity contribution >= 4 is 5.91 Å². The van der Waals surface area contributed by atoms with Crippen LogP contribution in [0.5, 0.6) is 0 Å². The molecule has 2 atom stereocenters. The molecule has 1 aromatic carbocycles. The van der Waals surface area contributed by atoms with Gasteiger partial charge in [0.25, 0.3) is 5.91 Å². The van der Waals surface area contributed by atoms with Gasteiger partial charge in [-0.2, -0.15) is 4.98 Å². The second-order valence-corrected chi connectivity index (χ2v) is 5.42. The second kappa shape index (κ2) is 5.65. The minimum Gasteiger partial charge on any atom is -0.391 e. The fraction of sp³-hybridized carbons (Fsp3) is 0.400. The average molecular weight is 287 g/mol. The van der Waals surface area contributed by atoms with Gasteiger partial charge in [-0.25, -0.2) is 0 Å². The first kappa shape index (κ1) is 13.8. The molecule has 2 unspecified atom stereocenters. The Morgan fingerprint density at radius 2 is 2.14 bits per heavy atom. The number of amides is 1. The fourth-order valence-corrected chi connectivity index (χ4v) is 2.48. The first-order valence-corrected chi connectivity index (χ1v) is 6.99. The minimum absolute atomic E-state index is 0.0550. The number of β-amino-alcohol motifs (C(OH)–C–C–N with tert-alkyl or cyclic N) is 1. The summed E-state index contributed by atoms with van der Waals surface area (Å²) in [6.07, 6.45) is 1.65. The lowest BCUT2D eigenvalue weighted by Crippen LogP contribution is -2.45. The number of aliphatic hydroxyl groups excluding tert-OH is 1. The molecule has 1 N–H and O–H groups in total. The molecule has 0 spiro atoms. The number of hydrogen-bond acceptors (Lipinski definition) is 5. The Labute approximate surface area is 122 Å². The Morgan fingerprint density at radius 3 is 2.76 bits per heavy atom. The van der Waals surface area contributed by atoms with Crippen molar-refractivity contribution in [1.82, 2.24) is 15.0 Å². The Balaban J connectivity index is 1.73. The predicted molar refractivity (Wildman–Crippen MR) is 75.4 cm³/mol. The fourth-order valence-electron chi connectivity index (χ4n) is 2.48. The Morgan fingerprint density at radius 1 is 1.38 bits per heavy atom. The van der Waals surface area contributed by atoms with Gasteiger partial charge in [-0.05, 0) is 24.5 Å². The molecule has 1 amide bonds. The zero-order valence-corrected chi connectivity index (χ0v) is 11.8. The smallest absolute Gasteiger partial charge is 0.253 e. The Hall–Kier alpha value is -2.21. The number of hydrogen-bond donors (Lipinski definition) is 1. The van der Waals surface area contributed by atoms with Crippen molar-refractivity contribution in [3.05, 3.63) is 36.2 Å². The maximum atomic E-state index is 12.4. The number of carbonyl (C=O) groups excluding carboxylic acids is 1. The molecule has 3 rings (SSSR count). The summed E-state index contributed by atoms with van der Waals surface area (Å²) < 4.78 is 4.70. The third-order valence-corrected chi connectivity index (χ3v) is 3.96. The average Bonchev–Trinajstić information content (AvgIpc) is 3.04. The molecule has 1 fully saturated rings. The van der Waals surface area contributed by atoms with E-state index in [0.717, 1.165) is 12.0 Å². The molecule has 0 bridgehead atoms. The monoisotopic (exact) mass is 287 g/mol. The molecule has 2 aromatic rings. The summed E-state index contributed by atoms with van der Waals surface area (Å²) in [5, 5.41) is 13.6. The molecule has 0 radical (unpaired) electrons. The molecule has 1 aromatic heterocycles.